The van der Waals surface area contributed by atoms with E-state index in [4.69, 9.17) is 0 Å². The van der Waals surface area contributed by atoms with Gasteiger partial charge >= 0.3 is 0 Å². The van der Waals surface area contributed by atoms with Crippen LogP contribution in [-0.2, 0) is 4.79 Å². The summed E-state index contributed by atoms with van der Waals surface area (Å²) in [6.45, 7) is 18.1. The molecule has 0 aromatic carbocycles. The van der Waals surface area contributed by atoms with Crippen molar-refractivity contribution in [2.24, 2.45) is 5.92 Å². The zero-order chi connectivity index (χ0) is 15.5. The van der Waals surface area contributed by atoms with Crippen molar-refractivity contribution in [1.29, 1.82) is 0 Å². The molecule has 0 aliphatic carbocycles. The molecule has 0 saturated heterocycles. The largest absolute Gasteiger partial charge is 0.313 e. The van der Waals surface area contributed by atoms with Crippen LogP contribution < -0.4 is 5.32 Å². The average molecular weight is 292 g/mol. The van der Waals surface area contributed by atoms with E-state index in [9.17, 15) is 4.79 Å². The minimum absolute atomic E-state index is 0. The van der Waals surface area contributed by atoms with Gasteiger partial charge in [-0.15, -0.1) is 11.8 Å². The summed E-state index contributed by atoms with van der Waals surface area (Å²) in [4.78, 5) is 11.2. The highest BCUT2D eigenvalue weighted by Gasteiger charge is 2.19. The fourth-order valence-corrected chi connectivity index (χ4v) is 1.93. The van der Waals surface area contributed by atoms with Gasteiger partial charge in [-0.2, -0.15) is 0 Å². The third-order valence-corrected chi connectivity index (χ3v) is 3.90. The number of thioether (sulfide) groups is 1. The number of hydrogen-bond acceptors (Lipinski definition) is 3. The number of Topliss-reactive ketones (excluding diaryl/α,β-unsaturated/α-hetero) is 1. The molecule has 118 valence electrons. The van der Waals surface area contributed by atoms with E-state index in [1.54, 1.807) is 11.8 Å². The summed E-state index contributed by atoms with van der Waals surface area (Å²) in [6, 6.07) is 0.562. The minimum atomic E-state index is 0. The van der Waals surface area contributed by atoms with Crippen LogP contribution in [0.5, 0.6) is 0 Å². The Bertz CT molecular complexity index is 230. The molecule has 3 heteroatoms. The Hall–Kier alpha value is -0.0200. The molecule has 0 bridgehead atoms. The predicted molar refractivity (Wildman–Crippen MR) is 92.2 cm³/mol. The third-order valence-electron chi connectivity index (χ3n) is 2.51. The number of carbonyl (C=O) groups excluding carboxylic acids is 1. The van der Waals surface area contributed by atoms with Gasteiger partial charge in [-0.3, -0.25) is 4.79 Å². The number of carbonyl (C=O) groups is 1. The van der Waals surface area contributed by atoms with Crippen LogP contribution in [0.25, 0.3) is 0 Å². The molecule has 0 saturated carbocycles. The molecule has 0 spiro atoms. The van der Waals surface area contributed by atoms with E-state index in [1.807, 2.05) is 6.92 Å². The Labute approximate surface area is 127 Å². The molecule has 0 aliphatic rings. The van der Waals surface area contributed by atoms with E-state index in [1.165, 1.54) is 0 Å². The van der Waals surface area contributed by atoms with E-state index < -0.39 is 0 Å². The smallest absolute Gasteiger partial charge is 0.142 e. The molecule has 0 heterocycles. The molecule has 1 unspecified atom stereocenters. The van der Waals surface area contributed by atoms with E-state index in [0.29, 0.717) is 24.0 Å². The standard InChI is InChI=1S/C12H25NOS.C4H10.H2/c1-6-10(3)13-9-12(4,5)15-8-11(14)7-2;1-4(2)3;/h10,13H,6-9H2,1-5H3;4H,1-3H3;1H. The first-order chi connectivity index (χ1) is 8.64. The average Bonchev–Trinajstić information content (AvgIpc) is 2.32. The van der Waals surface area contributed by atoms with E-state index in [-0.39, 0.29) is 6.17 Å². The van der Waals surface area contributed by atoms with E-state index in [0.717, 1.165) is 18.9 Å². The number of nitrogens with one attached hydrogen (secondary N) is 1. The summed E-state index contributed by atoms with van der Waals surface area (Å²) in [5.41, 5.74) is 0. The van der Waals surface area contributed by atoms with Crippen LogP contribution in [0, 0.1) is 5.92 Å². The Morgan fingerprint density at radius 2 is 1.68 bits per heavy atom. The summed E-state index contributed by atoms with van der Waals surface area (Å²) in [7, 11) is 0. The van der Waals surface area contributed by atoms with Gasteiger partial charge in [0.05, 0.1) is 5.75 Å². The second kappa shape index (κ2) is 11.8. The van der Waals surface area contributed by atoms with Crippen molar-refractivity contribution < 1.29 is 6.22 Å². The van der Waals surface area contributed by atoms with Crippen molar-refractivity contribution in [1.82, 2.24) is 5.32 Å². The Morgan fingerprint density at radius 3 is 2.05 bits per heavy atom. The van der Waals surface area contributed by atoms with Crippen molar-refractivity contribution in [3.8, 4) is 0 Å². The van der Waals surface area contributed by atoms with Gasteiger partial charge in [0.25, 0.3) is 0 Å². The molecule has 1 atom stereocenters. The summed E-state index contributed by atoms with van der Waals surface area (Å²) in [5.74, 6) is 1.82. The normalized spacial score (nSPS) is 12.9. The van der Waals surface area contributed by atoms with Crippen LogP contribution in [-0.4, -0.2) is 28.9 Å². The van der Waals surface area contributed by atoms with Gasteiger partial charge in [-0.05, 0) is 33.1 Å². The second-order valence-electron chi connectivity index (χ2n) is 6.36. The van der Waals surface area contributed by atoms with Crippen molar-refractivity contribution in [3.63, 3.8) is 0 Å². The molecule has 0 aliphatic heterocycles. The van der Waals surface area contributed by atoms with Crippen LogP contribution in [0.4, 0.5) is 0 Å². The number of rotatable bonds is 8. The SMILES string of the molecule is CC(C)C.CCC(=O)CSC(C)(C)CNC(C)CC.[HH]. The lowest BCUT2D eigenvalue weighted by Crippen LogP contribution is -2.37. The summed E-state index contributed by atoms with van der Waals surface area (Å²) >= 11 is 1.75. The fraction of sp³-hybridized carbons (Fsp3) is 0.938. The highest BCUT2D eigenvalue weighted by atomic mass is 32.2. The quantitative estimate of drug-likeness (QED) is 0.698. The second-order valence-corrected chi connectivity index (χ2v) is 8.05. The number of ketones is 1. The van der Waals surface area contributed by atoms with E-state index >= 15 is 0 Å². The zero-order valence-electron chi connectivity index (χ0n) is 14.3. The van der Waals surface area contributed by atoms with Gasteiger partial charge in [0.1, 0.15) is 5.78 Å². The maximum absolute atomic E-state index is 11.2. The molecule has 0 fully saturated rings. The van der Waals surface area contributed by atoms with Gasteiger partial charge in [0.2, 0.25) is 0 Å². The van der Waals surface area contributed by atoms with Gasteiger partial charge in [0.15, 0.2) is 0 Å². The molecule has 0 aromatic rings. The molecule has 2 nitrogen and oxygen atoms in total. The Balaban J connectivity index is -0.000000508. The maximum atomic E-state index is 11.2. The van der Waals surface area contributed by atoms with Crippen molar-refractivity contribution in [3.05, 3.63) is 0 Å². The zero-order valence-corrected chi connectivity index (χ0v) is 15.1. The van der Waals surface area contributed by atoms with Gasteiger partial charge in [-0.25, -0.2) is 0 Å². The topological polar surface area (TPSA) is 29.1 Å². The van der Waals surface area contributed by atoms with E-state index in [2.05, 4.69) is 53.8 Å². The third kappa shape index (κ3) is 18.0. The van der Waals surface area contributed by atoms with Crippen LogP contribution in [0.15, 0.2) is 0 Å². The lowest BCUT2D eigenvalue weighted by molar-refractivity contribution is -0.116. The van der Waals surface area contributed by atoms with Crippen LogP contribution >= 0.6 is 11.8 Å². The fourth-order valence-electron chi connectivity index (χ4n) is 0.993. The van der Waals surface area contributed by atoms with Crippen molar-refractivity contribution in [2.75, 3.05) is 12.3 Å². The van der Waals surface area contributed by atoms with Crippen LogP contribution in [0.2, 0.25) is 0 Å². The summed E-state index contributed by atoms with van der Waals surface area (Å²) < 4.78 is 0.147. The lowest BCUT2D eigenvalue weighted by atomic mass is 10.2. The minimum Gasteiger partial charge on any atom is -0.313 e. The summed E-state index contributed by atoms with van der Waals surface area (Å²) in [5, 5.41) is 3.48. The van der Waals surface area contributed by atoms with Gasteiger partial charge < -0.3 is 5.32 Å². The molecule has 0 radical (unpaired) electrons. The molecule has 1 N–H and O–H groups in total. The van der Waals surface area contributed by atoms with Gasteiger partial charge in [0, 0.05) is 25.2 Å². The first kappa shape index (κ1) is 21.3. The molecule has 0 amide bonds. The molecule has 19 heavy (non-hydrogen) atoms. The molecular formula is C16H37NOS. The first-order valence-electron chi connectivity index (χ1n) is 7.53. The molecular weight excluding hydrogens is 254 g/mol. The highest BCUT2D eigenvalue weighted by molar-refractivity contribution is 8.01. The summed E-state index contributed by atoms with van der Waals surface area (Å²) in [6.07, 6.45) is 1.80. The number of hydrogen-bond donors (Lipinski definition) is 1. The Kier molecular flexibility index (Phi) is 13.2. The van der Waals surface area contributed by atoms with Gasteiger partial charge in [-0.1, -0.05) is 34.6 Å². The Morgan fingerprint density at radius 1 is 1.21 bits per heavy atom. The lowest BCUT2D eigenvalue weighted by Gasteiger charge is -2.26. The van der Waals surface area contributed by atoms with Crippen LogP contribution in [0.1, 0.15) is 69.7 Å². The maximum Gasteiger partial charge on any atom is 0.142 e. The van der Waals surface area contributed by atoms with Crippen LogP contribution in [0.3, 0.4) is 0 Å². The molecule has 0 rings (SSSR count). The van der Waals surface area contributed by atoms with Crippen molar-refractivity contribution >= 4 is 17.5 Å². The predicted octanol–water partition coefficient (Wildman–Crippen LogP) is 4.77. The highest BCUT2D eigenvalue weighted by Crippen LogP contribution is 2.23. The monoisotopic (exact) mass is 291 g/mol. The van der Waals surface area contributed by atoms with Crippen molar-refractivity contribution in [2.45, 2.75) is 79.0 Å². The molecule has 0 aromatic heterocycles. The first-order valence-corrected chi connectivity index (χ1v) is 8.52.